The van der Waals surface area contributed by atoms with Gasteiger partial charge >= 0.3 is 6.03 Å². The van der Waals surface area contributed by atoms with E-state index in [-0.39, 0.29) is 12.1 Å². The molecule has 6 heteroatoms. The molecule has 4 rings (SSSR count). The average Bonchev–Trinajstić information content (AvgIpc) is 3.14. The molecule has 2 N–H and O–H groups in total. The van der Waals surface area contributed by atoms with Gasteiger partial charge in [0.15, 0.2) is 0 Å². The van der Waals surface area contributed by atoms with Gasteiger partial charge in [-0.05, 0) is 38.8 Å². The zero-order valence-corrected chi connectivity index (χ0v) is 14.7. The second-order valence-corrected chi connectivity index (χ2v) is 6.64. The molecular weight excluding hydrogens is 316 g/mol. The highest BCUT2D eigenvalue weighted by atomic mass is 16.5. The number of fused-ring (bicyclic) bond motifs is 3. The fourth-order valence-electron chi connectivity index (χ4n) is 3.73. The summed E-state index contributed by atoms with van der Waals surface area (Å²) in [5, 5.41) is 8.20. The van der Waals surface area contributed by atoms with Crippen molar-refractivity contribution in [1.82, 2.24) is 20.4 Å². The second kappa shape index (κ2) is 5.95. The van der Waals surface area contributed by atoms with E-state index in [9.17, 15) is 4.79 Å². The zero-order chi connectivity index (χ0) is 17.6. The number of amides is 2. The highest BCUT2D eigenvalue weighted by Crippen LogP contribution is 2.34. The van der Waals surface area contributed by atoms with Crippen LogP contribution in [0.15, 0.2) is 28.8 Å². The van der Waals surface area contributed by atoms with Crippen LogP contribution in [0.4, 0.5) is 4.79 Å². The predicted octanol–water partition coefficient (Wildman–Crippen LogP) is 3.60. The molecule has 3 heterocycles. The number of aromatic amines is 1. The number of rotatable bonds is 2. The summed E-state index contributed by atoms with van der Waals surface area (Å²) in [6.07, 6.45) is 0.864. The van der Waals surface area contributed by atoms with Gasteiger partial charge in [0.25, 0.3) is 0 Å². The van der Waals surface area contributed by atoms with Crippen molar-refractivity contribution in [2.24, 2.45) is 0 Å². The molecule has 2 amide bonds. The second-order valence-electron chi connectivity index (χ2n) is 6.64. The minimum Gasteiger partial charge on any atom is -0.361 e. The standard InChI is InChI=1S/C19H22N4O2/c1-11-16(13(3)25-22-11)10-20-19(24)23-9-8-15-14-6-4-5-7-17(14)21-18(15)12(23)2/h4-7,12,21H,8-10H2,1-3H3,(H,20,24). The van der Waals surface area contributed by atoms with Crippen LogP contribution in [0.25, 0.3) is 10.9 Å². The summed E-state index contributed by atoms with van der Waals surface area (Å²) < 4.78 is 5.15. The van der Waals surface area contributed by atoms with Crippen molar-refractivity contribution in [3.63, 3.8) is 0 Å². The van der Waals surface area contributed by atoms with E-state index in [1.807, 2.05) is 24.8 Å². The van der Waals surface area contributed by atoms with Crippen LogP contribution in [0.3, 0.4) is 0 Å². The Kier molecular flexibility index (Phi) is 3.75. The van der Waals surface area contributed by atoms with Crippen LogP contribution in [-0.2, 0) is 13.0 Å². The number of nitrogens with zero attached hydrogens (tertiary/aromatic N) is 2. The molecule has 0 saturated heterocycles. The molecule has 0 radical (unpaired) electrons. The average molecular weight is 338 g/mol. The number of nitrogens with one attached hydrogen (secondary N) is 2. The third-order valence-corrected chi connectivity index (χ3v) is 5.19. The Bertz CT molecular complexity index is 921. The van der Waals surface area contributed by atoms with Crippen LogP contribution < -0.4 is 5.32 Å². The molecule has 1 atom stereocenters. The summed E-state index contributed by atoms with van der Waals surface area (Å²) in [5.74, 6) is 0.752. The van der Waals surface area contributed by atoms with E-state index >= 15 is 0 Å². The molecule has 1 aliphatic rings. The molecule has 0 fully saturated rings. The number of aryl methyl sites for hydroxylation is 2. The van der Waals surface area contributed by atoms with Gasteiger partial charge in [0, 0.05) is 35.2 Å². The van der Waals surface area contributed by atoms with Gasteiger partial charge in [0.2, 0.25) is 0 Å². The lowest BCUT2D eigenvalue weighted by Crippen LogP contribution is -2.44. The molecule has 3 aromatic rings. The molecular formula is C19H22N4O2. The number of H-pyrrole nitrogens is 1. The summed E-state index contributed by atoms with van der Waals surface area (Å²) >= 11 is 0. The Balaban J connectivity index is 1.53. The third kappa shape index (κ3) is 2.58. The Morgan fingerprint density at radius 3 is 2.96 bits per heavy atom. The summed E-state index contributed by atoms with van der Waals surface area (Å²) in [7, 11) is 0. The number of aromatic nitrogens is 2. The number of para-hydroxylation sites is 1. The van der Waals surface area contributed by atoms with Crippen LogP contribution in [0.2, 0.25) is 0 Å². The highest BCUT2D eigenvalue weighted by molar-refractivity contribution is 5.86. The van der Waals surface area contributed by atoms with E-state index in [1.54, 1.807) is 0 Å². The van der Waals surface area contributed by atoms with Crippen LogP contribution in [0.1, 0.15) is 41.2 Å². The van der Waals surface area contributed by atoms with Gasteiger partial charge < -0.3 is 19.7 Å². The summed E-state index contributed by atoms with van der Waals surface area (Å²) in [6.45, 7) is 6.97. The maximum atomic E-state index is 12.7. The van der Waals surface area contributed by atoms with Crippen molar-refractivity contribution < 1.29 is 9.32 Å². The molecule has 2 aromatic heterocycles. The maximum absolute atomic E-state index is 12.7. The molecule has 1 unspecified atom stereocenters. The van der Waals surface area contributed by atoms with Crippen molar-refractivity contribution in [2.45, 2.75) is 39.8 Å². The first kappa shape index (κ1) is 15.7. The zero-order valence-electron chi connectivity index (χ0n) is 14.7. The van der Waals surface area contributed by atoms with Gasteiger partial charge in [-0.1, -0.05) is 23.4 Å². The Morgan fingerprint density at radius 2 is 2.20 bits per heavy atom. The lowest BCUT2D eigenvalue weighted by atomic mass is 9.98. The van der Waals surface area contributed by atoms with Gasteiger partial charge in [-0.2, -0.15) is 0 Å². The summed E-state index contributed by atoms with van der Waals surface area (Å²) in [5.41, 5.74) is 5.38. The van der Waals surface area contributed by atoms with Gasteiger partial charge in [-0.15, -0.1) is 0 Å². The molecule has 0 aliphatic carbocycles. The van der Waals surface area contributed by atoms with Crippen molar-refractivity contribution in [3.8, 4) is 0 Å². The molecule has 6 nitrogen and oxygen atoms in total. The Hall–Kier alpha value is -2.76. The van der Waals surface area contributed by atoms with Gasteiger partial charge in [-0.25, -0.2) is 4.79 Å². The molecule has 0 saturated carbocycles. The van der Waals surface area contributed by atoms with Crippen LogP contribution in [0, 0.1) is 13.8 Å². The number of urea groups is 1. The molecule has 25 heavy (non-hydrogen) atoms. The van der Waals surface area contributed by atoms with E-state index in [1.165, 1.54) is 10.9 Å². The monoisotopic (exact) mass is 338 g/mol. The normalized spacial score (nSPS) is 16.9. The van der Waals surface area contributed by atoms with Crippen LogP contribution >= 0.6 is 0 Å². The molecule has 1 aromatic carbocycles. The minimum absolute atomic E-state index is 0.0146. The van der Waals surface area contributed by atoms with Crippen LogP contribution in [0.5, 0.6) is 0 Å². The number of hydrogen-bond donors (Lipinski definition) is 2. The lowest BCUT2D eigenvalue weighted by Gasteiger charge is -2.33. The van der Waals surface area contributed by atoms with Gasteiger partial charge in [-0.3, -0.25) is 0 Å². The third-order valence-electron chi connectivity index (χ3n) is 5.19. The molecule has 0 spiro atoms. The SMILES string of the molecule is Cc1noc(C)c1CNC(=O)N1CCc2c([nH]c3ccccc23)C1C. The van der Waals surface area contributed by atoms with Gasteiger partial charge in [0.05, 0.1) is 11.7 Å². The fourth-order valence-corrected chi connectivity index (χ4v) is 3.73. The first-order chi connectivity index (χ1) is 12.1. The predicted molar refractivity (Wildman–Crippen MR) is 95.3 cm³/mol. The van der Waals surface area contributed by atoms with E-state index in [0.717, 1.165) is 34.6 Å². The lowest BCUT2D eigenvalue weighted by molar-refractivity contribution is 0.173. The largest absolute Gasteiger partial charge is 0.361 e. The van der Waals surface area contributed by atoms with E-state index < -0.39 is 0 Å². The van der Waals surface area contributed by atoms with Crippen molar-refractivity contribution in [1.29, 1.82) is 0 Å². The van der Waals surface area contributed by atoms with Crippen LogP contribution in [-0.4, -0.2) is 27.6 Å². The molecule has 1 aliphatic heterocycles. The first-order valence-corrected chi connectivity index (χ1v) is 8.62. The smallest absolute Gasteiger partial charge is 0.318 e. The van der Waals surface area contributed by atoms with E-state index in [2.05, 4.69) is 40.6 Å². The van der Waals surface area contributed by atoms with E-state index in [4.69, 9.17) is 4.52 Å². The Labute approximate surface area is 146 Å². The number of carbonyl (C=O) groups is 1. The Morgan fingerprint density at radius 1 is 1.40 bits per heavy atom. The minimum atomic E-state index is -0.0585. The first-order valence-electron chi connectivity index (χ1n) is 8.62. The van der Waals surface area contributed by atoms with Crippen molar-refractivity contribution in [3.05, 3.63) is 52.5 Å². The van der Waals surface area contributed by atoms with Crippen molar-refractivity contribution in [2.75, 3.05) is 6.54 Å². The topological polar surface area (TPSA) is 74.2 Å². The summed E-state index contributed by atoms with van der Waals surface area (Å²) in [4.78, 5) is 18.1. The van der Waals surface area contributed by atoms with Gasteiger partial charge in [0.1, 0.15) is 5.76 Å². The maximum Gasteiger partial charge on any atom is 0.318 e. The van der Waals surface area contributed by atoms with E-state index in [0.29, 0.717) is 13.1 Å². The fraction of sp³-hybridized carbons (Fsp3) is 0.368. The highest BCUT2D eigenvalue weighted by Gasteiger charge is 2.30. The number of benzene rings is 1. The quantitative estimate of drug-likeness (QED) is 0.750. The molecule has 130 valence electrons. The van der Waals surface area contributed by atoms with Crippen molar-refractivity contribution >= 4 is 16.9 Å². The summed E-state index contributed by atoms with van der Waals surface area (Å²) in [6, 6.07) is 8.28. The number of hydrogen-bond acceptors (Lipinski definition) is 3. The molecule has 0 bridgehead atoms. The number of carbonyl (C=O) groups excluding carboxylic acids is 1.